The van der Waals surface area contributed by atoms with E-state index in [0.717, 1.165) is 5.56 Å². The molecule has 2 rings (SSSR count). The Bertz CT molecular complexity index is 819. The van der Waals surface area contributed by atoms with Gasteiger partial charge in [0.25, 0.3) is 5.91 Å². The van der Waals surface area contributed by atoms with Gasteiger partial charge in [-0.3, -0.25) is 4.79 Å². The number of benzene rings is 2. The number of aromatic carboxylic acids is 1. The number of rotatable bonds is 7. The summed E-state index contributed by atoms with van der Waals surface area (Å²) in [7, 11) is 4.41. The molecule has 0 radical (unpaired) electrons. The SMILES string of the molecule is COc1cc(C(=O)NCc2ccc(C(=O)O)cc2)c(Br)c(OC)c1OC. The van der Waals surface area contributed by atoms with Gasteiger partial charge in [-0.05, 0) is 39.7 Å². The minimum absolute atomic E-state index is 0.187. The van der Waals surface area contributed by atoms with Crippen LogP contribution in [0.5, 0.6) is 17.2 Å². The van der Waals surface area contributed by atoms with E-state index in [0.29, 0.717) is 27.3 Å². The predicted octanol–water partition coefficient (Wildman–Crippen LogP) is 3.10. The average Bonchev–Trinajstić information content (AvgIpc) is 2.65. The third kappa shape index (κ3) is 4.08. The zero-order chi connectivity index (χ0) is 19.3. The van der Waals surface area contributed by atoms with Gasteiger partial charge in [-0.2, -0.15) is 0 Å². The minimum Gasteiger partial charge on any atom is -0.493 e. The molecule has 2 aromatic rings. The van der Waals surface area contributed by atoms with E-state index < -0.39 is 5.97 Å². The van der Waals surface area contributed by atoms with Crippen molar-refractivity contribution in [3.63, 3.8) is 0 Å². The van der Waals surface area contributed by atoms with Gasteiger partial charge in [0.05, 0.1) is 36.9 Å². The Hall–Kier alpha value is -2.74. The van der Waals surface area contributed by atoms with Gasteiger partial charge in [-0.1, -0.05) is 12.1 Å². The van der Waals surface area contributed by atoms with Crippen molar-refractivity contribution >= 4 is 27.8 Å². The molecule has 0 aliphatic rings. The molecule has 0 saturated carbocycles. The van der Waals surface area contributed by atoms with Gasteiger partial charge in [-0.15, -0.1) is 0 Å². The number of ether oxygens (including phenoxy) is 3. The number of carbonyl (C=O) groups is 2. The number of amides is 1. The Kier molecular flexibility index (Phi) is 6.46. The molecule has 8 heteroatoms. The molecule has 0 bridgehead atoms. The largest absolute Gasteiger partial charge is 0.493 e. The second-order valence-electron chi connectivity index (χ2n) is 5.19. The van der Waals surface area contributed by atoms with E-state index >= 15 is 0 Å². The van der Waals surface area contributed by atoms with Crippen molar-refractivity contribution in [3.05, 3.63) is 51.5 Å². The minimum atomic E-state index is -0.998. The van der Waals surface area contributed by atoms with Gasteiger partial charge in [0.1, 0.15) is 0 Å². The average molecular weight is 424 g/mol. The van der Waals surface area contributed by atoms with Crippen LogP contribution in [0.25, 0.3) is 0 Å². The molecule has 0 heterocycles. The van der Waals surface area contributed by atoms with Gasteiger partial charge in [0.2, 0.25) is 5.75 Å². The lowest BCUT2D eigenvalue weighted by Crippen LogP contribution is -2.23. The number of carboxylic acids is 1. The fraction of sp³-hybridized carbons (Fsp3) is 0.222. The molecule has 2 aromatic carbocycles. The Morgan fingerprint density at radius 2 is 1.65 bits per heavy atom. The summed E-state index contributed by atoms with van der Waals surface area (Å²) in [6.45, 7) is 0.238. The molecule has 138 valence electrons. The normalized spacial score (nSPS) is 10.2. The molecular formula is C18H18BrNO6. The summed E-state index contributed by atoms with van der Waals surface area (Å²) >= 11 is 3.36. The van der Waals surface area contributed by atoms with Gasteiger partial charge in [-0.25, -0.2) is 4.79 Å². The summed E-state index contributed by atoms with van der Waals surface area (Å²) < 4.78 is 16.3. The molecule has 0 spiro atoms. The van der Waals surface area contributed by atoms with Gasteiger partial charge >= 0.3 is 5.97 Å². The topological polar surface area (TPSA) is 94.1 Å². The zero-order valence-corrected chi connectivity index (χ0v) is 16.0. The first-order chi connectivity index (χ1) is 12.4. The third-order valence-electron chi connectivity index (χ3n) is 3.67. The molecule has 0 saturated heterocycles. The second-order valence-corrected chi connectivity index (χ2v) is 5.98. The molecule has 0 aliphatic carbocycles. The zero-order valence-electron chi connectivity index (χ0n) is 14.5. The number of carbonyl (C=O) groups excluding carboxylic acids is 1. The summed E-state index contributed by atoms with van der Waals surface area (Å²) in [5.74, 6) is -0.255. The van der Waals surface area contributed by atoms with E-state index in [4.69, 9.17) is 19.3 Å². The van der Waals surface area contributed by atoms with Gasteiger partial charge < -0.3 is 24.6 Å². The van der Waals surface area contributed by atoms with Crippen LogP contribution >= 0.6 is 15.9 Å². The van der Waals surface area contributed by atoms with Gasteiger partial charge in [0, 0.05) is 6.54 Å². The highest BCUT2D eigenvalue weighted by Gasteiger charge is 2.22. The molecule has 1 amide bonds. The Morgan fingerprint density at radius 3 is 2.15 bits per heavy atom. The van der Waals surface area contributed by atoms with Crippen LogP contribution in [0.4, 0.5) is 0 Å². The highest BCUT2D eigenvalue weighted by atomic mass is 79.9. The number of hydrogen-bond acceptors (Lipinski definition) is 5. The van der Waals surface area contributed by atoms with Crippen LogP contribution in [0.2, 0.25) is 0 Å². The van der Waals surface area contributed by atoms with Crippen LogP contribution in [0.3, 0.4) is 0 Å². The van der Waals surface area contributed by atoms with Crippen LogP contribution < -0.4 is 19.5 Å². The molecule has 0 atom stereocenters. The smallest absolute Gasteiger partial charge is 0.335 e. The lowest BCUT2D eigenvalue weighted by atomic mass is 10.1. The van der Waals surface area contributed by atoms with E-state index in [1.54, 1.807) is 18.2 Å². The van der Waals surface area contributed by atoms with Crippen LogP contribution in [-0.2, 0) is 6.54 Å². The highest BCUT2D eigenvalue weighted by Crippen LogP contribution is 2.44. The quantitative estimate of drug-likeness (QED) is 0.710. The Labute approximate surface area is 159 Å². The fourth-order valence-electron chi connectivity index (χ4n) is 2.33. The fourth-order valence-corrected chi connectivity index (χ4v) is 2.97. The van der Waals surface area contributed by atoms with Crippen LogP contribution in [0.1, 0.15) is 26.3 Å². The Morgan fingerprint density at radius 1 is 1.04 bits per heavy atom. The molecule has 2 N–H and O–H groups in total. The molecular weight excluding hydrogens is 406 g/mol. The lowest BCUT2D eigenvalue weighted by molar-refractivity contribution is 0.0696. The first kappa shape index (κ1) is 19.6. The number of carboxylic acid groups (broad SMARTS) is 1. The van der Waals surface area contributed by atoms with E-state index in [-0.39, 0.29) is 18.0 Å². The van der Waals surface area contributed by atoms with Crippen molar-refractivity contribution in [2.75, 3.05) is 21.3 Å². The number of hydrogen-bond donors (Lipinski definition) is 2. The molecule has 26 heavy (non-hydrogen) atoms. The van der Waals surface area contributed by atoms with Crippen LogP contribution in [0, 0.1) is 0 Å². The Balaban J connectivity index is 2.22. The summed E-state index contributed by atoms with van der Waals surface area (Å²) in [6, 6.07) is 7.81. The van der Waals surface area contributed by atoms with Crippen molar-refractivity contribution < 1.29 is 28.9 Å². The molecule has 0 aromatic heterocycles. The van der Waals surface area contributed by atoms with Crippen molar-refractivity contribution in [2.24, 2.45) is 0 Å². The van der Waals surface area contributed by atoms with Crippen molar-refractivity contribution in [1.82, 2.24) is 5.32 Å². The van der Waals surface area contributed by atoms with E-state index in [2.05, 4.69) is 21.2 Å². The maximum atomic E-state index is 12.6. The second kappa shape index (κ2) is 8.57. The van der Waals surface area contributed by atoms with E-state index in [9.17, 15) is 9.59 Å². The maximum absolute atomic E-state index is 12.6. The van der Waals surface area contributed by atoms with Crippen molar-refractivity contribution in [1.29, 1.82) is 0 Å². The monoisotopic (exact) mass is 423 g/mol. The first-order valence-corrected chi connectivity index (χ1v) is 8.31. The summed E-state index contributed by atoms with van der Waals surface area (Å²) in [5.41, 5.74) is 1.28. The molecule has 0 fully saturated rings. The number of halogens is 1. The van der Waals surface area contributed by atoms with E-state index in [1.165, 1.54) is 33.5 Å². The standard InChI is InChI=1S/C18H18BrNO6/c1-24-13-8-12(14(19)16(26-3)15(13)25-2)17(21)20-9-10-4-6-11(7-5-10)18(22)23/h4-8H,9H2,1-3H3,(H,20,21)(H,22,23). The van der Waals surface area contributed by atoms with Crippen molar-refractivity contribution in [2.45, 2.75) is 6.54 Å². The molecule has 0 aliphatic heterocycles. The van der Waals surface area contributed by atoms with E-state index in [1.807, 2.05) is 0 Å². The third-order valence-corrected chi connectivity index (χ3v) is 4.46. The number of methoxy groups -OCH3 is 3. The summed E-state index contributed by atoms with van der Waals surface area (Å²) in [4.78, 5) is 23.4. The van der Waals surface area contributed by atoms with Crippen LogP contribution in [0.15, 0.2) is 34.8 Å². The lowest BCUT2D eigenvalue weighted by Gasteiger charge is -2.16. The van der Waals surface area contributed by atoms with Crippen LogP contribution in [-0.4, -0.2) is 38.3 Å². The van der Waals surface area contributed by atoms with Crippen molar-refractivity contribution in [3.8, 4) is 17.2 Å². The maximum Gasteiger partial charge on any atom is 0.335 e. The molecule has 0 unspecified atom stereocenters. The highest BCUT2D eigenvalue weighted by molar-refractivity contribution is 9.10. The van der Waals surface area contributed by atoms with Gasteiger partial charge in [0.15, 0.2) is 11.5 Å². The molecule has 7 nitrogen and oxygen atoms in total. The first-order valence-electron chi connectivity index (χ1n) is 7.51. The number of nitrogens with one attached hydrogen (secondary N) is 1. The summed E-state index contributed by atoms with van der Waals surface area (Å²) in [6.07, 6.45) is 0. The summed E-state index contributed by atoms with van der Waals surface area (Å²) in [5, 5.41) is 11.7. The predicted molar refractivity (Wildman–Crippen MR) is 98.4 cm³/mol.